The summed E-state index contributed by atoms with van der Waals surface area (Å²) in [4.78, 5) is 7.85. The van der Waals surface area contributed by atoms with Crippen LogP contribution in [0.5, 0.6) is 17.2 Å². The first-order valence-electron chi connectivity index (χ1n) is 8.74. The average molecular weight is 366 g/mol. The van der Waals surface area contributed by atoms with E-state index in [1.165, 1.54) is 5.56 Å². The molecule has 0 saturated carbocycles. The van der Waals surface area contributed by atoms with Crippen LogP contribution in [0.4, 0.5) is 0 Å². The molecule has 3 aromatic heterocycles. The zero-order valence-corrected chi connectivity index (χ0v) is 16.1. The van der Waals surface area contributed by atoms with Crippen LogP contribution in [0.3, 0.4) is 0 Å². The molecule has 0 unspecified atom stereocenters. The Bertz CT molecular complexity index is 1120. The molecule has 3 heterocycles. The second-order valence-corrected chi connectivity index (χ2v) is 6.30. The third-order valence-corrected chi connectivity index (χ3v) is 4.90. The molecule has 0 bridgehead atoms. The number of H-pyrrole nitrogens is 1. The number of pyridine rings is 1. The van der Waals surface area contributed by atoms with Gasteiger partial charge in [-0.1, -0.05) is 6.92 Å². The van der Waals surface area contributed by atoms with E-state index in [0.29, 0.717) is 17.2 Å². The van der Waals surface area contributed by atoms with E-state index in [-0.39, 0.29) is 0 Å². The van der Waals surface area contributed by atoms with Crippen molar-refractivity contribution in [2.24, 2.45) is 7.05 Å². The van der Waals surface area contributed by atoms with Crippen LogP contribution in [0.15, 0.2) is 24.5 Å². The molecule has 4 rings (SSSR count). The summed E-state index contributed by atoms with van der Waals surface area (Å²) in [5.74, 6) is 1.74. The van der Waals surface area contributed by atoms with Gasteiger partial charge in [-0.2, -0.15) is 5.10 Å². The normalized spacial score (nSPS) is 11.3. The summed E-state index contributed by atoms with van der Waals surface area (Å²) < 4.78 is 18.3. The number of aryl methyl sites for hydroxylation is 2. The Morgan fingerprint density at radius 2 is 1.78 bits per heavy atom. The molecule has 140 valence electrons. The summed E-state index contributed by atoms with van der Waals surface area (Å²) in [5, 5.41) is 6.88. The van der Waals surface area contributed by atoms with Crippen LogP contribution in [0.25, 0.3) is 33.2 Å². The molecule has 0 atom stereocenters. The van der Waals surface area contributed by atoms with Crippen LogP contribution >= 0.6 is 0 Å². The quantitative estimate of drug-likeness (QED) is 0.583. The fraction of sp³-hybridized carbons (Fsp3) is 0.300. The average Bonchev–Trinajstić information content (AvgIpc) is 3.27. The van der Waals surface area contributed by atoms with Crippen molar-refractivity contribution in [3.8, 4) is 28.5 Å². The molecule has 0 spiro atoms. The van der Waals surface area contributed by atoms with Gasteiger partial charge in [-0.25, -0.2) is 4.98 Å². The largest absolute Gasteiger partial charge is 0.493 e. The van der Waals surface area contributed by atoms with Gasteiger partial charge in [-0.3, -0.25) is 4.68 Å². The van der Waals surface area contributed by atoms with Crippen LogP contribution in [0, 0.1) is 0 Å². The molecular weight excluding hydrogens is 344 g/mol. The van der Waals surface area contributed by atoms with Gasteiger partial charge >= 0.3 is 0 Å². The zero-order valence-electron chi connectivity index (χ0n) is 16.1. The van der Waals surface area contributed by atoms with Gasteiger partial charge in [0.1, 0.15) is 11.3 Å². The van der Waals surface area contributed by atoms with Gasteiger partial charge in [-0.15, -0.1) is 0 Å². The third kappa shape index (κ3) is 2.50. The Balaban J connectivity index is 2.03. The number of nitrogens with zero attached hydrogens (tertiary/aromatic N) is 3. The number of methoxy groups -OCH3 is 3. The molecule has 7 nitrogen and oxygen atoms in total. The van der Waals surface area contributed by atoms with Gasteiger partial charge < -0.3 is 19.2 Å². The predicted molar refractivity (Wildman–Crippen MR) is 105 cm³/mol. The molecule has 0 radical (unpaired) electrons. The minimum atomic E-state index is 0.559. The van der Waals surface area contributed by atoms with E-state index in [4.69, 9.17) is 19.3 Å². The molecule has 0 fully saturated rings. The summed E-state index contributed by atoms with van der Waals surface area (Å²) in [7, 11) is 6.76. The second kappa shape index (κ2) is 6.50. The topological polar surface area (TPSA) is 74.2 Å². The number of fused-ring (bicyclic) bond motifs is 3. The molecule has 27 heavy (non-hydrogen) atoms. The van der Waals surface area contributed by atoms with Crippen LogP contribution in [-0.2, 0) is 13.5 Å². The number of hydrogen-bond donors (Lipinski definition) is 1. The Kier molecular flexibility index (Phi) is 4.14. The van der Waals surface area contributed by atoms with Crippen molar-refractivity contribution in [2.45, 2.75) is 13.3 Å². The molecule has 0 aliphatic heterocycles. The molecule has 0 amide bonds. The first-order chi connectivity index (χ1) is 13.1. The highest BCUT2D eigenvalue weighted by Gasteiger charge is 2.20. The van der Waals surface area contributed by atoms with Gasteiger partial charge in [0, 0.05) is 35.8 Å². The Labute approximate surface area is 156 Å². The monoisotopic (exact) mass is 366 g/mol. The van der Waals surface area contributed by atoms with Gasteiger partial charge in [0.2, 0.25) is 5.75 Å². The summed E-state index contributed by atoms with van der Waals surface area (Å²) >= 11 is 0. The minimum absolute atomic E-state index is 0.559. The smallest absolute Gasteiger partial charge is 0.203 e. The maximum Gasteiger partial charge on any atom is 0.203 e. The lowest BCUT2D eigenvalue weighted by atomic mass is 10.1. The zero-order chi connectivity index (χ0) is 19.1. The molecule has 1 aromatic carbocycles. The Morgan fingerprint density at radius 1 is 1.07 bits per heavy atom. The summed E-state index contributed by atoms with van der Waals surface area (Å²) in [5.41, 5.74) is 4.86. The van der Waals surface area contributed by atoms with E-state index in [2.05, 4.69) is 16.9 Å². The lowest BCUT2D eigenvalue weighted by molar-refractivity contribution is 0.324. The number of hydrogen-bond acceptors (Lipinski definition) is 5. The maximum absolute atomic E-state index is 5.49. The van der Waals surface area contributed by atoms with Crippen LogP contribution in [0.2, 0.25) is 0 Å². The van der Waals surface area contributed by atoms with E-state index in [1.807, 2.05) is 36.3 Å². The number of benzene rings is 1. The standard InChI is InChI=1S/C20H22N4O3/c1-6-11-9-21-20-16(11)18-13(10-22-20)17(23-24(18)2)12-7-14(25-3)19(27-5)15(8-12)26-4/h7-10H,6H2,1-5H3,(H,21,22). The number of rotatable bonds is 5. The Hall–Kier alpha value is -3.22. The van der Waals surface area contributed by atoms with Crippen molar-refractivity contribution in [3.63, 3.8) is 0 Å². The predicted octanol–water partition coefficient (Wildman–Crippen LogP) is 3.70. The first-order valence-corrected chi connectivity index (χ1v) is 8.74. The van der Waals surface area contributed by atoms with Crippen molar-refractivity contribution in [1.29, 1.82) is 0 Å². The molecule has 4 aromatic rings. The van der Waals surface area contributed by atoms with Crippen LogP contribution in [-0.4, -0.2) is 41.1 Å². The van der Waals surface area contributed by atoms with Crippen molar-refractivity contribution in [2.75, 3.05) is 21.3 Å². The van der Waals surface area contributed by atoms with E-state index in [0.717, 1.165) is 39.6 Å². The van der Waals surface area contributed by atoms with E-state index >= 15 is 0 Å². The molecule has 1 N–H and O–H groups in total. The number of aromatic amines is 1. The number of nitrogens with one attached hydrogen (secondary N) is 1. The molecular formula is C20H22N4O3. The van der Waals surface area contributed by atoms with Crippen molar-refractivity contribution >= 4 is 21.9 Å². The number of aromatic nitrogens is 4. The highest BCUT2D eigenvalue weighted by molar-refractivity contribution is 6.09. The second-order valence-electron chi connectivity index (χ2n) is 6.30. The van der Waals surface area contributed by atoms with Gasteiger partial charge in [0.05, 0.1) is 26.8 Å². The molecule has 0 aliphatic carbocycles. The van der Waals surface area contributed by atoms with Gasteiger partial charge in [-0.05, 0) is 24.1 Å². The van der Waals surface area contributed by atoms with E-state index in [1.54, 1.807) is 21.3 Å². The fourth-order valence-electron chi connectivity index (χ4n) is 3.62. The number of ether oxygens (including phenoxy) is 3. The third-order valence-electron chi connectivity index (χ3n) is 4.90. The Morgan fingerprint density at radius 3 is 2.37 bits per heavy atom. The van der Waals surface area contributed by atoms with Crippen molar-refractivity contribution < 1.29 is 14.2 Å². The van der Waals surface area contributed by atoms with Gasteiger partial charge in [0.25, 0.3) is 0 Å². The highest BCUT2D eigenvalue weighted by Crippen LogP contribution is 2.42. The maximum atomic E-state index is 5.49. The minimum Gasteiger partial charge on any atom is -0.493 e. The van der Waals surface area contributed by atoms with Crippen molar-refractivity contribution in [3.05, 3.63) is 30.1 Å². The fourth-order valence-corrected chi connectivity index (χ4v) is 3.62. The molecule has 0 saturated heterocycles. The van der Waals surface area contributed by atoms with Crippen LogP contribution < -0.4 is 14.2 Å². The highest BCUT2D eigenvalue weighted by atomic mass is 16.5. The summed E-state index contributed by atoms with van der Waals surface area (Å²) in [6.45, 7) is 2.14. The summed E-state index contributed by atoms with van der Waals surface area (Å²) in [6, 6.07) is 3.82. The lowest BCUT2D eigenvalue weighted by Gasteiger charge is -2.13. The summed E-state index contributed by atoms with van der Waals surface area (Å²) in [6.07, 6.45) is 4.80. The molecule has 7 heteroatoms. The first kappa shape index (κ1) is 17.2. The van der Waals surface area contributed by atoms with Crippen LogP contribution in [0.1, 0.15) is 12.5 Å². The lowest BCUT2D eigenvalue weighted by Crippen LogP contribution is -1.96. The van der Waals surface area contributed by atoms with E-state index in [9.17, 15) is 0 Å². The van der Waals surface area contributed by atoms with Gasteiger partial charge in [0.15, 0.2) is 11.5 Å². The SMILES string of the molecule is CCc1c[nH]c2ncc3c(-c4cc(OC)c(OC)c(OC)c4)nn(C)c3c12. The molecule has 0 aliphatic rings. The van der Waals surface area contributed by atoms with Crippen molar-refractivity contribution in [1.82, 2.24) is 19.7 Å². The van der Waals surface area contributed by atoms with E-state index < -0.39 is 0 Å².